The molecular formula is C13H23N3O4. The van der Waals surface area contributed by atoms with Crippen molar-refractivity contribution in [1.82, 2.24) is 14.7 Å². The van der Waals surface area contributed by atoms with Crippen LogP contribution in [0.15, 0.2) is 0 Å². The Hall–Kier alpha value is -1.34. The lowest BCUT2D eigenvalue weighted by molar-refractivity contribution is -0.137. The van der Waals surface area contributed by atoms with Crippen LogP contribution >= 0.6 is 0 Å². The summed E-state index contributed by atoms with van der Waals surface area (Å²) in [6.45, 7) is 0.708. The van der Waals surface area contributed by atoms with E-state index in [1.807, 2.05) is 19.0 Å². The summed E-state index contributed by atoms with van der Waals surface area (Å²) in [5, 5.41) is 18.7. The van der Waals surface area contributed by atoms with Gasteiger partial charge in [0.25, 0.3) is 0 Å². The van der Waals surface area contributed by atoms with Crippen LogP contribution in [-0.4, -0.2) is 88.8 Å². The summed E-state index contributed by atoms with van der Waals surface area (Å²) in [4.78, 5) is 28.5. The molecule has 1 heterocycles. The molecule has 1 aliphatic heterocycles. The molecule has 2 rings (SSSR count). The van der Waals surface area contributed by atoms with E-state index >= 15 is 0 Å². The van der Waals surface area contributed by atoms with Crippen LogP contribution in [0.4, 0.5) is 4.79 Å². The smallest absolute Gasteiger partial charge is 0.323 e. The van der Waals surface area contributed by atoms with E-state index in [9.17, 15) is 14.7 Å². The Labute approximate surface area is 118 Å². The number of hydrogen-bond acceptors (Lipinski definition) is 4. The fourth-order valence-corrected chi connectivity index (χ4v) is 2.77. The normalized spacial score (nSPS) is 26.1. The number of carbonyl (C=O) groups excluding carboxylic acids is 1. The summed E-state index contributed by atoms with van der Waals surface area (Å²) < 4.78 is 0. The second-order valence-electron chi connectivity index (χ2n) is 5.99. The van der Waals surface area contributed by atoms with Gasteiger partial charge in [0.15, 0.2) is 0 Å². The highest BCUT2D eigenvalue weighted by Gasteiger charge is 2.41. The maximum atomic E-state index is 12.6. The number of aliphatic carboxylic acids is 1. The molecular weight excluding hydrogens is 262 g/mol. The molecule has 1 aliphatic carbocycles. The molecule has 0 aromatic rings. The van der Waals surface area contributed by atoms with E-state index in [1.165, 1.54) is 4.90 Å². The molecule has 1 saturated carbocycles. The first-order chi connectivity index (χ1) is 9.38. The Kier molecular flexibility index (Phi) is 4.49. The molecule has 7 nitrogen and oxygen atoms in total. The van der Waals surface area contributed by atoms with Crippen molar-refractivity contribution in [2.75, 3.05) is 33.7 Å². The van der Waals surface area contributed by atoms with E-state index in [0.717, 1.165) is 12.8 Å². The molecule has 114 valence electrons. The summed E-state index contributed by atoms with van der Waals surface area (Å²) in [6.07, 6.45) is 1.77. The first kappa shape index (κ1) is 15.1. The Morgan fingerprint density at radius 3 is 2.45 bits per heavy atom. The summed E-state index contributed by atoms with van der Waals surface area (Å²) in [5.41, 5.74) is 0. The molecule has 2 N–H and O–H groups in total. The highest BCUT2D eigenvalue weighted by Crippen LogP contribution is 2.29. The predicted molar refractivity (Wildman–Crippen MR) is 72.4 cm³/mol. The van der Waals surface area contributed by atoms with Crippen LogP contribution in [0, 0.1) is 0 Å². The highest BCUT2D eigenvalue weighted by molar-refractivity contribution is 5.81. The molecule has 20 heavy (non-hydrogen) atoms. The lowest BCUT2D eigenvalue weighted by Gasteiger charge is -2.32. The quantitative estimate of drug-likeness (QED) is 0.721. The van der Waals surface area contributed by atoms with Crippen molar-refractivity contribution in [2.24, 2.45) is 0 Å². The second kappa shape index (κ2) is 5.97. The number of aliphatic hydroxyl groups is 1. The standard InChI is InChI=1S/C13H23N3O4/c1-14(2)6-10-5-11(17)7-15(10)13(20)16(8-12(18)19)9-3-4-9/h9-11,17H,3-8H2,1-2H3,(H,18,19). The van der Waals surface area contributed by atoms with Gasteiger partial charge in [-0.25, -0.2) is 4.79 Å². The number of carbonyl (C=O) groups is 2. The molecule has 0 spiro atoms. The number of β-amino-alcohol motifs (C(OH)–C–C–N with tert-alkyl or cyclic N) is 1. The molecule has 2 atom stereocenters. The third-order valence-corrected chi connectivity index (χ3v) is 3.75. The van der Waals surface area contributed by atoms with Crippen molar-refractivity contribution >= 4 is 12.0 Å². The zero-order chi connectivity index (χ0) is 14.9. The van der Waals surface area contributed by atoms with Crippen LogP contribution in [-0.2, 0) is 4.79 Å². The largest absolute Gasteiger partial charge is 0.480 e. The molecule has 0 bridgehead atoms. The van der Waals surface area contributed by atoms with Crippen molar-refractivity contribution in [3.05, 3.63) is 0 Å². The minimum atomic E-state index is -0.992. The molecule has 2 amide bonds. The van der Waals surface area contributed by atoms with Crippen LogP contribution in [0.5, 0.6) is 0 Å². The van der Waals surface area contributed by atoms with Gasteiger partial charge in [-0.15, -0.1) is 0 Å². The third-order valence-electron chi connectivity index (χ3n) is 3.75. The Balaban J connectivity index is 2.06. The molecule has 2 unspecified atom stereocenters. The summed E-state index contributed by atoms with van der Waals surface area (Å²) in [5.74, 6) is -0.992. The fourth-order valence-electron chi connectivity index (χ4n) is 2.77. The number of carboxylic acids is 1. The lowest BCUT2D eigenvalue weighted by atomic mass is 10.2. The average Bonchev–Trinajstić information content (AvgIpc) is 3.09. The minimum absolute atomic E-state index is 0.0522. The topological polar surface area (TPSA) is 84.3 Å². The van der Waals surface area contributed by atoms with Gasteiger partial charge in [0.05, 0.1) is 6.10 Å². The Morgan fingerprint density at radius 2 is 1.95 bits per heavy atom. The first-order valence-corrected chi connectivity index (χ1v) is 7.00. The number of urea groups is 1. The van der Waals surface area contributed by atoms with Crippen molar-refractivity contribution < 1.29 is 19.8 Å². The second-order valence-corrected chi connectivity index (χ2v) is 5.99. The summed E-state index contributed by atoms with van der Waals surface area (Å²) in [7, 11) is 3.84. The van der Waals surface area contributed by atoms with E-state index in [2.05, 4.69) is 0 Å². The summed E-state index contributed by atoms with van der Waals surface area (Å²) >= 11 is 0. The third kappa shape index (κ3) is 3.61. The molecule has 2 fully saturated rings. The van der Waals surface area contributed by atoms with Crippen LogP contribution in [0.3, 0.4) is 0 Å². The molecule has 0 radical (unpaired) electrons. The highest BCUT2D eigenvalue weighted by atomic mass is 16.4. The average molecular weight is 285 g/mol. The molecule has 1 saturated heterocycles. The zero-order valence-corrected chi connectivity index (χ0v) is 12.0. The molecule has 2 aliphatic rings. The van der Waals surface area contributed by atoms with Crippen molar-refractivity contribution in [3.63, 3.8) is 0 Å². The van der Waals surface area contributed by atoms with E-state index < -0.39 is 12.1 Å². The number of rotatable bonds is 5. The Morgan fingerprint density at radius 1 is 1.30 bits per heavy atom. The number of amides is 2. The Bertz CT molecular complexity index is 384. The van der Waals surface area contributed by atoms with Gasteiger partial charge >= 0.3 is 12.0 Å². The minimum Gasteiger partial charge on any atom is -0.480 e. The number of likely N-dealkylation sites (tertiary alicyclic amines) is 1. The number of likely N-dealkylation sites (N-methyl/N-ethyl adjacent to an activating group) is 1. The van der Waals surface area contributed by atoms with Gasteiger partial charge in [0, 0.05) is 25.2 Å². The lowest BCUT2D eigenvalue weighted by Crippen LogP contribution is -2.50. The maximum Gasteiger partial charge on any atom is 0.323 e. The first-order valence-electron chi connectivity index (χ1n) is 7.00. The van der Waals surface area contributed by atoms with Crippen LogP contribution in [0.2, 0.25) is 0 Å². The van der Waals surface area contributed by atoms with Crippen LogP contribution < -0.4 is 0 Å². The number of aliphatic hydroxyl groups excluding tert-OH is 1. The van der Waals surface area contributed by atoms with E-state index in [4.69, 9.17) is 5.11 Å². The van der Waals surface area contributed by atoms with Gasteiger partial charge in [-0.2, -0.15) is 0 Å². The van der Waals surface area contributed by atoms with Gasteiger partial charge in [-0.3, -0.25) is 4.79 Å². The zero-order valence-electron chi connectivity index (χ0n) is 12.0. The monoisotopic (exact) mass is 285 g/mol. The van der Waals surface area contributed by atoms with Crippen LogP contribution in [0.1, 0.15) is 19.3 Å². The van der Waals surface area contributed by atoms with Gasteiger partial charge in [0.1, 0.15) is 6.54 Å². The van der Waals surface area contributed by atoms with E-state index in [-0.39, 0.29) is 24.7 Å². The fraction of sp³-hybridized carbons (Fsp3) is 0.846. The van der Waals surface area contributed by atoms with Gasteiger partial charge in [-0.1, -0.05) is 0 Å². The van der Waals surface area contributed by atoms with Crippen molar-refractivity contribution in [3.8, 4) is 0 Å². The van der Waals surface area contributed by atoms with Gasteiger partial charge in [-0.05, 0) is 33.4 Å². The maximum absolute atomic E-state index is 12.6. The van der Waals surface area contributed by atoms with E-state index in [1.54, 1.807) is 4.90 Å². The van der Waals surface area contributed by atoms with E-state index in [0.29, 0.717) is 19.5 Å². The number of carboxylic acid groups (broad SMARTS) is 1. The number of hydrogen-bond donors (Lipinski definition) is 2. The molecule has 0 aromatic heterocycles. The van der Waals surface area contributed by atoms with Gasteiger partial charge in [0.2, 0.25) is 0 Å². The predicted octanol–water partition coefficient (Wildman–Crippen LogP) is -0.348. The SMILES string of the molecule is CN(C)CC1CC(O)CN1C(=O)N(CC(=O)O)C1CC1. The number of nitrogens with zero attached hydrogens (tertiary/aromatic N) is 3. The molecule has 7 heteroatoms. The summed E-state index contributed by atoms with van der Waals surface area (Å²) in [6, 6.07) is -0.253. The van der Waals surface area contributed by atoms with Crippen LogP contribution in [0.25, 0.3) is 0 Å². The van der Waals surface area contributed by atoms with Crippen molar-refractivity contribution in [1.29, 1.82) is 0 Å². The molecule has 0 aromatic carbocycles. The van der Waals surface area contributed by atoms with Crippen molar-refractivity contribution in [2.45, 2.75) is 37.5 Å². The van der Waals surface area contributed by atoms with Gasteiger partial charge < -0.3 is 24.9 Å².